The standard InChI is InChI=1S/C71H55N5O/c1-3-15-48(16-4-1)58-24-12-25-59(49-17-5-2-6-18-49)69(58)75-45-74(70-66(75)29-14-35-73-70)54-20-11-21-55(43-54)77-56-31-33-63-62-23-9-10-28-65(62)76(67(63)44-56)68-42-51(34-36-72-68)71(52-38-46-37-47(40-52)41-53(71)39-46)64-27-13-26-60-57-22-8-7-19-50(57)30-32-61(60)64/h1-36,42-44,46-47,52-53H,37-41,45H2. The first-order chi connectivity index (χ1) is 38.1. The van der Waals surface area contributed by atoms with Gasteiger partial charge in [0, 0.05) is 57.5 Å². The maximum absolute atomic E-state index is 6.96. The van der Waals surface area contributed by atoms with Gasteiger partial charge in [-0.15, -0.1) is 0 Å². The van der Waals surface area contributed by atoms with Gasteiger partial charge in [0.2, 0.25) is 0 Å². The van der Waals surface area contributed by atoms with Gasteiger partial charge in [0.1, 0.15) is 24.0 Å². The fourth-order valence-electron chi connectivity index (χ4n) is 15.3. The average molecular weight is 994 g/mol. The Bertz CT molecular complexity index is 4190. The summed E-state index contributed by atoms with van der Waals surface area (Å²) in [6.45, 7) is 0.568. The van der Waals surface area contributed by atoms with E-state index >= 15 is 0 Å². The van der Waals surface area contributed by atoms with Crippen molar-refractivity contribution in [2.45, 2.75) is 37.5 Å². The Morgan fingerprint density at radius 1 is 0.442 bits per heavy atom. The number of anilines is 4. The quantitative estimate of drug-likeness (QED) is 0.135. The Balaban J connectivity index is 0.784. The van der Waals surface area contributed by atoms with Gasteiger partial charge < -0.3 is 14.5 Å². The number of rotatable bonds is 9. The summed E-state index contributed by atoms with van der Waals surface area (Å²) in [6, 6.07) is 81.8. The SMILES string of the molecule is c1ccc(-c2cccc(-c3ccccc3)c2N2CN(c3cccc(Oc4ccc5c6ccccc6n(-c6cc(C7(c8cccc9c8ccc8ccccc89)C8CC9CC(C8)CC7C9)ccn6)c5c4)c3)c3ncccc32)cc1. The first kappa shape index (κ1) is 44.3. The van der Waals surface area contributed by atoms with Gasteiger partial charge in [-0.2, -0.15) is 0 Å². The molecule has 6 nitrogen and oxygen atoms in total. The zero-order valence-electron chi connectivity index (χ0n) is 42.7. The summed E-state index contributed by atoms with van der Waals surface area (Å²) in [5.74, 6) is 6.16. The van der Waals surface area contributed by atoms with E-state index in [4.69, 9.17) is 14.7 Å². The smallest absolute Gasteiger partial charge is 0.158 e. The van der Waals surface area contributed by atoms with Crippen LogP contribution in [0, 0.1) is 23.7 Å². The summed E-state index contributed by atoms with van der Waals surface area (Å²) >= 11 is 0. The molecule has 0 saturated heterocycles. The van der Waals surface area contributed by atoms with E-state index < -0.39 is 0 Å². The lowest BCUT2D eigenvalue weighted by Gasteiger charge is -2.62. The molecular formula is C71H55N5O. The molecule has 370 valence electrons. The van der Waals surface area contributed by atoms with Crippen LogP contribution in [0.3, 0.4) is 0 Å². The Kier molecular flexibility index (Phi) is 10.1. The second kappa shape index (κ2) is 17.5. The van der Waals surface area contributed by atoms with Gasteiger partial charge >= 0.3 is 0 Å². The van der Waals surface area contributed by atoms with Crippen LogP contribution in [0.4, 0.5) is 22.9 Å². The van der Waals surface area contributed by atoms with Gasteiger partial charge in [0.25, 0.3) is 0 Å². The van der Waals surface area contributed by atoms with Crippen molar-refractivity contribution in [3.05, 3.63) is 248 Å². The second-order valence-electron chi connectivity index (χ2n) is 22.2. The van der Waals surface area contributed by atoms with E-state index in [9.17, 15) is 0 Å². The van der Waals surface area contributed by atoms with E-state index in [1.54, 1.807) is 0 Å². The molecule has 0 spiro atoms. The third-order valence-electron chi connectivity index (χ3n) is 18.2. The molecule has 0 atom stereocenters. The minimum atomic E-state index is -0.122. The fraction of sp³-hybridized carbons (Fsp3) is 0.155. The van der Waals surface area contributed by atoms with Gasteiger partial charge in [-0.25, -0.2) is 9.97 Å². The number of pyridine rings is 2. The number of aromatic nitrogens is 3. The Morgan fingerprint density at radius 2 is 1.10 bits per heavy atom. The van der Waals surface area contributed by atoms with Gasteiger partial charge in [0.05, 0.1) is 22.4 Å². The highest BCUT2D eigenvalue weighted by molar-refractivity contribution is 6.10. The summed E-state index contributed by atoms with van der Waals surface area (Å²) in [7, 11) is 0. The average Bonchev–Trinajstić information content (AvgIpc) is 4.04. The number of para-hydroxylation sites is 2. The van der Waals surface area contributed by atoms with Crippen molar-refractivity contribution in [3.63, 3.8) is 0 Å². The highest BCUT2D eigenvalue weighted by atomic mass is 16.5. The van der Waals surface area contributed by atoms with E-state index in [0.717, 1.165) is 63.1 Å². The minimum absolute atomic E-state index is 0.122. The number of hydrogen-bond donors (Lipinski definition) is 0. The van der Waals surface area contributed by atoms with Crippen LogP contribution in [0.15, 0.2) is 237 Å². The Hall–Kier alpha value is -9.00. The molecule has 9 aromatic carbocycles. The molecule has 4 saturated carbocycles. The normalized spacial score (nSPS) is 20.4. The molecule has 4 fully saturated rings. The van der Waals surface area contributed by atoms with Crippen LogP contribution >= 0.6 is 0 Å². The third-order valence-corrected chi connectivity index (χ3v) is 18.2. The first-order valence-electron chi connectivity index (χ1n) is 27.6. The van der Waals surface area contributed by atoms with E-state index in [-0.39, 0.29) is 5.41 Å². The molecule has 0 N–H and O–H groups in total. The van der Waals surface area contributed by atoms with E-state index in [1.807, 2.05) is 12.3 Å². The minimum Gasteiger partial charge on any atom is -0.457 e. The number of nitrogens with zero attached hydrogens (tertiary/aromatic N) is 5. The van der Waals surface area contributed by atoms with Crippen LogP contribution in [-0.2, 0) is 5.41 Å². The fourth-order valence-corrected chi connectivity index (χ4v) is 15.3. The molecule has 0 unspecified atom stereocenters. The maximum Gasteiger partial charge on any atom is 0.158 e. The van der Waals surface area contributed by atoms with Crippen LogP contribution in [0.1, 0.15) is 43.2 Å². The van der Waals surface area contributed by atoms with E-state index in [2.05, 4.69) is 239 Å². The van der Waals surface area contributed by atoms with Crippen molar-refractivity contribution < 1.29 is 4.74 Å². The predicted octanol–water partition coefficient (Wildman–Crippen LogP) is 18.0. The number of fused-ring (bicyclic) bond motifs is 7. The van der Waals surface area contributed by atoms with Crippen molar-refractivity contribution in [1.29, 1.82) is 0 Å². The molecule has 4 heterocycles. The lowest BCUT2D eigenvalue weighted by molar-refractivity contribution is -0.0412. The van der Waals surface area contributed by atoms with Crippen LogP contribution in [0.2, 0.25) is 0 Å². The van der Waals surface area contributed by atoms with Gasteiger partial charge in [0.15, 0.2) is 5.82 Å². The first-order valence-corrected chi connectivity index (χ1v) is 27.6. The summed E-state index contributed by atoms with van der Waals surface area (Å²) in [6.07, 6.45) is 10.6. The number of hydrogen-bond acceptors (Lipinski definition) is 5. The highest BCUT2D eigenvalue weighted by Crippen LogP contribution is 2.66. The molecule has 4 bridgehead atoms. The second-order valence-corrected chi connectivity index (χ2v) is 22.2. The molecule has 12 aromatic rings. The number of ether oxygens (including phenoxy) is 1. The molecule has 77 heavy (non-hydrogen) atoms. The lowest BCUT2D eigenvalue weighted by Crippen LogP contribution is -2.56. The summed E-state index contributed by atoms with van der Waals surface area (Å²) in [5.41, 5.74) is 12.9. The molecule has 0 radical (unpaired) electrons. The van der Waals surface area contributed by atoms with E-state index in [0.29, 0.717) is 18.5 Å². The summed E-state index contributed by atoms with van der Waals surface area (Å²) in [5, 5.41) is 7.75. The van der Waals surface area contributed by atoms with Crippen molar-refractivity contribution in [2.24, 2.45) is 23.7 Å². The van der Waals surface area contributed by atoms with Gasteiger partial charge in [-0.05, 0) is 154 Å². The van der Waals surface area contributed by atoms with Gasteiger partial charge in [-0.1, -0.05) is 158 Å². The van der Waals surface area contributed by atoms with Crippen molar-refractivity contribution in [3.8, 4) is 39.6 Å². The zero-order valence-corrected chi connectivity index (χ0v) is 42.7. The third kappa shape index (κ3) is 6.94. The van der Waals surface area contributed by atoms with Crippen molar-refractivity contribution >= 4 is 66.2 Å². The molecule has 6 heteroatoms. The monoisotopic (exact) mass is 993 g/mol. The van der Waals surface area contributed by atoms with Gasteiger partial charge in [-0.3, -0.25) is 4.57 Å². The molecule has 3 aromatic heterocycles. The van der Waals surface area contributed by atoms with E-state index in [1.165, 1.54) is 97.8 Å². The topological polar surface area (TPSA) is 46.4 Å². The lowest BCUT2D eigenvalue weighted by atomic mass is 9.42. The maximum atomic E-state index is 6.96. The molecule has 5 aliphatic rings. The molecule has 0 amide bonds. The van der Waals surface area contributed by atoms with Crippen LogP contribution in [0.25, 0.3) is 71.4 Å². The summed E-state index contributed by atoms with van der Waals surface area (Å²) < 4.78 is 9.35. The van der Waals surface area contributed by atoms with Crippen molar-refractivity contribution in [2.75, 3.05) is 16.5 Å². The van der Waals surface area contributed by atoms with Crippen LogP contribution in [-0.4, -0.2) is 21.2 Å². The predicted molar refractivity (Wildman–Crippen MR) is 315 cm³/mol. The molecule has 1 aliphatic heterocycles. The molecule has 4 aliphatic carbocycles. The zero-order chi connectivity index (χ0) is 50.6. The van der Waals surface area contributed by atoms with Crippen molar-refractivity contribution in [1.82, 2.24) is 14.5 Å². The summed E-state index contributed by atoms with van der Waals surface area (Å²) in [4.78, 5) is 15.1. The van der Waals surface area contributed by atoms with Crippen LogP contribution < -0.4 is 14.5 Å². The number of benzene rings is 9. The molecule has 17 rings (SSSR count). The largest absolute Gasteiger partial charge is 0.457 e. The Morgan fingerprint density at radius 3 is 1.90 bits per heavy atom. The Labute approximate surface area is 448 Å². The van der Waals surface area contributed by atoms with Crippen LogP contribution in [0.5, 0.6) is 11.5 Å². The molecular weight excluding hydrogens is 939 g/mol. The highest BCUT2D eigenvalue weighted by Gasteiger charge is 2.59.